The van der Waals surface area contributed by atoms with Crippen molar-refractivity contribution < 1.29 is 9.90 Å². The lowest BCUT2D eigenvalue weighted by molar-refractivity contribution is -0.136. The average Bonchev–Trinajstić information content (AvgIpc) is 2.56. The molecule has 0 heterocycles. The maximum atomic E-state index is 10.3. The first-order chi connectivity index (χ1) is 11.8. The number of carboxylic acid groups (broad SMARTS) is 1. The summed E-state index contributed by atoms with van der Waals surface area (Å²) in [6.07, 6.45) is 32.5. The summed E-state index contributed by atoms with van der Waals surface area (Å²) in [7, 11) is 0. The van der Waals surface area contributed by atoms with Crippen LogP contribution in [0.4, 0.5) is 0 Å². The molecule has 0 atom stereocenters. The second-order valence-corrected chi connectivity index (χ2v) is 5.37. The summed E-state index contributed by atoms with van der Waals surface area (Å²) in [5, 5.41) is 8.49. The van der Waals surface area contributed by atoms with Gasteiger partial charge in [0.25, 0.3) is 0 Å². The monoisotopic (exact) mass is 328 g/mol. The van der Waals surface area contributed by atoms with Gasteiger partial charge in [-0.15, -0.1) is 0 Å². The molecule has 0 aliphatic heterocycles. The molecule has 2 heteroatoms. The maximum absolute atomic E-state index is 10.3. The van der Waals surface area contributed by atoms with Gasteiger partial charge in [-0.05, 0) is 44.9 Å². The molecule has 0 aromatic heterocycles. The van der Waals surface area contributed by atoms with E-state index in [2.05, 4.69) is 67.7 Å². The molecule has 0 aliphatic carbocycles. The van der Waals surface area contributed by atoms with Gasteiger partial charge in [0.2, 0.25) is 0 Å². The Morgan fingerprint density at radius 1 is 0.667 bits per heavy atom. The van der Waals surface area contributed by atoms with Crippen LogP contribution < -0.4 is 0 Å². The third-order valence-electron chi connectivity index (χ3n) is 3.13. The maximum Gasteiger partial charge on any atom is 0.303 e. The van der Waals surface area contributed by atoms with Crippen LogP contribution in [0.3, 0.4) is 0 Å². The lowest BCUT2D eigenvalue weighted by Crippen LogP contribution is -1.91. The second-order valence-electron chi connectivity index (χ2n) is 5.37. The summed E-state index contributed by atoms with van der Waals surface area (Å²) in [5.41, 5.74) is 0. The fourth-order valence-corrected chi connectivity index (χ4v) is 1.85. The Bertz CT molecular complexity index is 462. The van der Waals surface area contributed by atoms with Crippen molar-refractivity contribution in [1.82, 2.24) is 0 Å². The van der Waals surface area contributed by atoms with E-state index in [9.17, 15) is 4.79 Å². The highest BCUT2D eigenvalue weighted by Gasteiger charge is 1.90. The molecule has 0 rings (SSSR count). The second kappa shape index (κ2) is 19.0. The molecule has 0 unspecified atom stereocenters. The van der Waals surface area contributed by atoms with Crippen LogP contribution >= 0.6 is 0 Å². The number of hydrogen-bond donors (Lipinski definition) is 1. The van der Waals surface area contributed by atoms with Gasteiger partial charge in [0, 0.05) is 6.42 Å². The van der Waals surface area contributed by atoms with Crippen molar-refractivity contribution in [2.24, 2.45) is 0 Å². The Morgan fingerprint density at radius 3 is 1.83 bits per heavy atom. The zero-order valence-corrected chi connectivity index (χ0v) is 14.9. The minimum Gasteiger partial charge on any atom is -0.481 e. The molecule has 0 radical (unpaired) electrons. The lowest BCUT2D eigenvalue weighted by Gasteiger charge is -1.88. The van der Waals surface area contributed by atoms with Crippen LogP contribution in [-0.2, 0) is 4.79 Å². The minimum atomic E-state index is -0.740. The molecule has 0 saturated heterocycles. The Labute approximate surface area is 147 Å². The number of unbranched alkanes of at least 4 members (excludes halogenated alkanes) is 1. The van der Waals surface area contributed by atoms with Gasteiger partial charge in [-0.3, -0.25) is 4.79 Å². The first-order valence-electron chi connectivity index (χ1n) is 8.90. The number of aliphatic carboxylic acids is 1. The number of carboxylic acids is 1. The van der Waals surface area contributed by atoms with Crippen LogP contribution in [0, 0.1) is 0 Å². The molecule has 0 saturated carbocycles. The third kappa shape index (κ3) is 19.9. The molecule has 0 aliphatic rings. The van der Waals surface area contributed by atoms with Gasteiger partial charge in [-0.1, -0.05) is 79.8 Å². The number of rotatable bonds is 14. The van der Waals surface area contributed by atoms with E-state index in [0.29, 0.717) is 6.42 Å². The molecule has 132 valence electrons. The highest BCUT2D eigenvalue weighted by molar-refractivity contribution is 5.66. The van der Waals surface area contributed by atoms with Crippen molar-refractivity contribution in [3.63, 3.8) is 0 Å². The van der Waals surface area contributed by atoms with Crippen LogP contribution in [0.2, 0.25) is 0 Å². The Morgan fingerprint density at radius 2 is 1.17 bits per heavy atom. The fourth-order valence-electron chi connectivity index (χ4n) is 1.85. The van der Waals surface area contributed by atoms with E-state index in [0.717, 1.165) is 38.5 Å². The van der Waals surface area contributed by atoms with Crippen molar-refractivity contribution in [3.8, 4) is 0 Å². The molecule has 0 spiro atoms. The normalized spacial score (nSPS) is 13.0. The summed E-state index contributed by atoms with van der Waals surface area (Å²) in [6, 6.07) is 0. The fraction of sp³-hybridized carbons (Fsp3) is 0.409. The van der Waals surface area contributed by atoms with Crippen molar-refractivity contribution in [2.45, 2.75) is 58.3 Å². The van der Waals surface area contributed by atoms with Gasteiger partial charge in [0.05, 0.1) is 0 Å². The van der Waals surface area contributed by atoms with Crippen LogP contribution in [0.15, 0.2) is 72.9 Å². The van der Waals surface area contributed by atoms with Gasteiger partial charge in [0.1, 0.15) is 0 Å². The quantitative estimate of drug-likeness (QED) is 0.223. The molecule has 0 aromatic carbocycles. The van der Waals surface area contributed by atoms with Crippen molar-refractivity contribution in [1.29, 1.82) is 0 Å². The van der Waals surface area contributed by atoms with Gasteiger partial charge >= 0.3 is 5.97 Å². The Balaban J connectivity index is 3.51. The number of hydrogen-bond acceptors (Lipinski definition) is 1. The van der Waals surface area contributed by atoms with Crippen molar-refractivity contribution >= 4 is 5.97 Å². The largest absolute Gasteiger partial charge is 0.481 e. The van der Waals surface area contributed by atoms with Crippen molar-refractivity contribution in [2.75, 3.05) is 0 Å². The van der Waals surface area contributed by atoms with E-state index in [1.165, 1.54) is 0 Å². The molecule has 0 aromatic rings. The van der Waals surface area contributed by atoms with Gasteiger partial charge in [0.15, 0.2) is 0 Å². The molecule has 1 N–H and O–H groups in total. The molecule has 2 nitrogen and oxygen atoms in total. The predicted octanol–water partition coefficient (Wildman–Crippen LogP) is 6.55. The predicted molar refractivity (Wildman–Crippen MR) is 105 cm³/mol. The average molecular weight is 328 g/mol. The zero-order chi connectivity index (χ0) is 17.7. The molecule has 0 amide bonds. The molecule has 0 fully saturated rings. The van der Waals surface area contributed by atoms with E-state index in [4.69, 9.17) is 5.11 Å². The van der Waals surface area contributed by atoms with Gasteiger partial charge in [-0.2, -0.15) is 0 Å². The molecular formula is C22H32O2. The van der Waals surface area contributed by atoms with E-state index < -0.39 is 5.97 Å². The van der Waals surface area contributed by atoms with Crippen LogP contribution in [0.5, 0.6) is 0 Å². The minimum absolute atomic E-state index is 0.213. The first kappa shape index (κ1) is 21.9. The topological polar surface area (TPSA) is 37.3 Å². The summed E-state index contributed by atoms with van der Waals surface area (Å²) in [5.74, 6) is -0.740. The summed E-state index contributed by atoms with van der Waals surface area (Å²) in [4.78, 5) is 10.3. The van der Waals surface area contributed by atoms with Crippen LogP contribution in [-0.4, -0.2) is 11.1 Å². The van der Waals surface area contributed by atoms with Gasteiger partial charge < -0.3 is 5.11 Å². The van der Waals surface area contributed by atoms with Crippen LogP contribution in [0.25, 0.3) is 0 Å². The highest BCUT2D eigenvalue weighted by atomic mass is 16.4. The third-order valence-corrected chi connectivity index (χ3v) is 3.13. The van der Waals surface area contributed by atoms with E-state index >= 15 is 0 Å². The highest BCUT2D eigenvalue weighted by Crippen LogP contribution is 1.98. The first-order valence-corrected chi connectivity index (χ1v) is 8.90. The van der Waals surface area contributed by atoms with Crippen molar-refractivity contribution in [3.05, 3.63) is 72.9 Å². The molecule has 24 heavy (non-hydrogen) atoms. The summed E-state index contributed by atoms with van der Waals surface area (Å²) >= 11 is 0. The number of carbonyl (C=O) groups is 1. The van der Waals surface area contributed by atoms with E-state index in [1.54, 1.807) is 0 Å². The number of allylic oxidation sites excluding steroid dienone is 12. The summed E-state index contributed by atoms with van der Waals surface area (Å²) in [6.45, 7) is 2.15. The van der Waals surface area contributed by atoms with E-state index in [-0.39, 0.29) is 6.42 Å². The Hall–Kier alpha value is -2.09. The SMILES string of the molecule is CCC=CCC=CCC=CC=CCCC=CCC=CCCC(=O)O. The Kier molecular flexibility index (Phi) is 17.3. The summed E-state index contributed by atoms with van der Waals surface area (Å²) < 4.78 is 0. The lowest BCUT2D eigenvalue weighted by atomic mass is 10.2. The standard InChI is InChI=1S/C22H32O2/c1-2-3-4-5-6-7-8-9-10-11-12-13-14-15-16-17-18-19-20-21-22(23)24/h3-4,6-7,9-12,15-16,18-19H,2,5,8,13-14,17,20-21H2,1H3,(H,23,24). The van der Waals surface area contributed by atoms with Crippen LogP contribution in [0.1, 0.15) is 58.3 Å². The smallest absolute Gasteiger partial charge is 0.303 e. The molecular weight excluding hydrogens is 296 g/mol. The zero-order valence-electron chi connectivity index (χ0n) is 14.9. The molecule has 0 bridgehead atoms. The van der Waals surface area contributed by atoms with E-state index in [1.807, 2.05) is 12.2 Å². The van der Waals surface area contributed by atoms with Gasteiger partial charge in [-0.25, -0.2) is 0 Å².